The molecule has 0 aliphatic heterocycles. The van der Waals surface area contributed by atoms with Crippen LogP contribution in [0.4, 0.5) is 0 Å². The summed E-state index contributed by atoms with van der Waals surface area (Å²) < 4.78 is 12.8. The molecule has 4 rings (SSSR count). The largest absolute Gasteiger partial charge is 0.497 e. The van der Waals surface area contributed by atoms with Gasteiger partial charge in [-0.05, 0) is 56.0 Å². The predicted molar refractivity (Wildman–Crippen MR) is 117 cm³/mol. The van der Waals surface area contributed by atoms with Crippen LogP contribution in [-0.2, 0) is 7.05 Å². The number of hydrogen-bond donors (Lipinski definition) is 1. The van der Waals surface area contributed by atoms with E-state index >= 15 is 0 Å². The molecule has 1 N–H and O–H groups in total. The average Bonchev–Trinajstić information content (AvgIpc) is 3.09. The second kappa shape index (κ2) is 8.38. The van der Waals surface area contributed by atoms with E-state index in [4.69, 9.17) is 14.5 Å². The quantitative estimate of drug-likeness (QED) is 0.683. The lowest BCUT2D eigenvalue weighted by Gasteiger charge is -2.29. The van der Waals surface area contributed by atoms with Crippen LogP contribution in [0.1, 0.15) is 53.3 Å². The number of carbonyl (C=O) groups excluding carboxylic acids is 1. The molecule has 2 atom stereocenters. The maximum atomic E-state index is 12.9. The Morgan fingerprint density at radius 2 is 1.83 bits per heavy atom. The minimum atomic E-state index is -0.0986. The van der Waals surface area contributed by atoms with Crippen LogP contribution in [-0.4, -0.2) is 35.7 Å². The predicted octanol–water partition coefficient (Wildman–Crippen LogP) is 4.36. The fraction of sp³-hybridized carbons (Fsp3) is 0.417. The topological polar surface area (TPSA) is 65.4 Å². The van der Waals surface area contributed by atoms with Crippen molar-refractivity contribution in [3.05, 3.63) is 53.3 Å². The molecule has 1 heterocycles. The van der Waals surface area contributed by atoms with Gasteiger partial charge in [-0.15, -0.1) is 0 Å². The summed E-state index contributed by atoms with van der Waals surface area (Å²) in [5, 5.41) is 3.21. The number of fused-ring (bicyclic) bond motifs is 1. The lowest BCUT2D eigenvalue weighted by Crippen LogP contribution is -2.38. The number of aromatic nitrogens is 2. The van der Waals surface area contributed by atoms with Crippen molar-refractivity contribution < 1.29 is 14.3 Å². The first-order chi connectivity index (χ1) is 14.5. The number of carbonyl (C=O) groups is 1. The molecule has 2 aromatic carbocycles. The number of aryl methyl sites for hydroxylation is 2. The Labute approximate surface area is 177 Å². The third-order valence-corrected chi connectivity index (χ3v) is 6.06. The van der Waals surface area contributed by atoms with Gasteiger partial charge in [0.25, 0.3) is 5.91 Å². The molecule has 1 aliphatic carbocycles. The minimum Gasteiger partial charge on any atom is -0.497 e. The zero-order valence-electron chi connectivity index (χ0n) is 18.1. The highest BCUT2D eigenvalue weighted by Gasteiger charge is 2.28. The first-order valence-electron chi connectivity index (χ1n) is 10.5. The highest BCUT2D eigenvalue weighted by atomic mass is 16.5. The average molecular weight is 408 g/mol. The maximum Gasteiger partial charge on any atom is 0.251 e. The number of hydrogen-bond acceptors (Lipinski definition) is 4. The van der Waals surface area contributed by atoms with Crippen molar-refractivity contribution in [1.29, 1.82) is 0 Å². The van der Waals surface area contributed by atoms with Crippen LogP contribution in [0.15, 0.2) is 36.4 Å². The molecular formula is C24H29N3O3. The molecule has 30 heavy (non-hydrogen) atoms. The highest BCUT2D eigenvalue weighted by Crippen LogP contribution is 2.34. The first-order valence-corrected chi connectivity index (χ1v) is 10.5. The van der Waals surface area contributed by atoms with Crippen LogP contribution >= 0.6 is 0 Å². The van der Waals surface area contributed by atoms with E-state index in [9.17, 15) is 4.79 Å². The molecule has 1 saturated carbocycles. The Hall–Kier alpha value is -3.02. The van der Waals surface area contributed by atoms with E-state index in [-0.39, 0.29) is 11.9 Å². The molecule has 6 nitrogen and oxygen atoms in total. The third-order valence-electron chi connectivity index (χ3n) is 6.06. The summed E-state index contributed by atoms with van der Waals surface area (Å²) >= 11 is 0. The van der Waals surface area contributed by atoms with Gasteiger partial charge in [0.05, 0.1) is 25.3 Å². The number of ether oxygens (including phenoxy) is 2. The van der Waals surface area contributed by atoms with Crippen LogP contribution < -0.4 is 14.8 Å². The van der Waals surface area contributed by atoms with E-state index in [1.807, 2.05) is 0 Å². The van der Waals surface area contributed by atoms with Gasteiger partial charge in [0, 0.05) is 30.6 Å². The van der Waals surface area contributed by atoms with Crippen molar-refractivity contribution in [2.75, 3.05) is 14.2 Å². The van der Waals surface area contributed by atoms with Gasteiger partial charge in [0.15, 0.2) is 0 Å². The van der Waals surface area contributed by atoms with E-state index < -0.39 is 0 Å². The standard InChI is InChI=1S/C24H29N3O3/c1-15-8-9-22-21(10-15)26-23(27(22)2)16-6-5-7-18(11-16)25-24(28)17-12-19(29-3)14-20(13-17)30-4/h8-10,12-14,16,18H,5-7,11H2,1-4H3,(H,25,28). The number of nitrogens with zero attached hydrogens (tertiary/aromatic N) is 2. The van der Waals surface area contributed by atoms with E-state index in [2.05, 4.69) is 42.1 Å². The summed E-state index contributed by atoms with van der Waals surface area (Å²) in [5.74, 6) is 2.56. The molecule has 1 aliphatic rings. The van der Waals surface area contributed by atoms with E-state index in [0.717, 1.165) is 42.5 Å². The van der Waals surface area contributed by atoms with E-state index in [1.165, 1.54) is 5.56 Å². The summed E-state index contributed by atoms with van der Waals surface area (Å²) in [6, 6.07) is 11.8. The van der Waals surface area contributed by atoms with E-state index in [0.29, 0.717) is 23.0 Å². The van der Waals surface area contributed by atoms with Gasteiger partial charge in [-0.3, -0.25) is 4.79 Å². The zero-order chi connectivity index (χ0) is 21.3. The fourth-order valence-corrected chi connectivity index (χ4v) is 4.46. The molecular weight excluding hydrogens is 378 g/mol. The van der Waals surface area contributed by atoms with Crippen LogP contribution in [0, 0.1) is 6.92 Å². The van der Waals surface area contributed by atoms with Gasteiger partial charge in [0.2, 0.25) is 0 Å². The van der Waals surface area contributed by atoms with Gasteiger partial charge in [0.1, 0.15) is 17.3 Å². The van der Waals surface area contributed by atoms with Crippen molar-refractivity contribution in [2.24, 2.45) is 7.05 Å². The Bertz CT molecular complexity index is 1050. The molecule has 0 spiro atoms. The Morgan fingerprint density at radius 1 is 1.10 bits per heavy atom. The van der Waals surface area contributed by atoms with Crippen molar-refractivity contribution in [1.82, 2.24) is 14.9 Å². The molecule has 0 saturated heterocycles. The summed E-state index contributed by atoms with van der Waals surface area (Å²) in [6.45, 7) is 2.09. The number of imidazole rings is 1. The molecule has 0 bridgehead atoms. The second-order valence-corrected chi connectivity index (χ2v) is 8.16. The smallest absolute Gasteiger partial charge is 0.251 e. The summed E-state index contributed by atoms with van der Waals surface area (Å²) in [5.41, 5.74) is 3.97. The molecule has 1 amide bonds. The normalized spacial score (nSPS) is 18.9. The lowest BCUT2D eigenvalue weighted by molar-refractivity contribution is 0.0924. The molecule has 2 unspecified atom stereocenters. The van der Waals surface area contributed by atoms with Crippen LogP contribution in [0.2, 0.25) is 0 Å². The molecule has 1 fully saturated rings. The van der Waals surface area contributed by atoms with Crippen molar-refractivity contribution >= 4 is 16.9 Å². The molecule has 0 radical (unpaired) electrons. The van der Waals surface area contributed by atoms with Crippen molar-refractivity contribution in [3.8, 4) is 11.5 Å². The number of amides is 1. The van der Waals surface area contributed by atoms with Crippen LogP contribution in [0.5, 0.6) is 11.5 Å². The van der Waals surface area contributed by atoms with Crippen molar-refractivity contribution in [3.63, 3.8) is 0 Å². The molecule has 158 valence electrons. The number of nitrogens with one attached hydrogen (secondary N) is 1. The Balaban J connectivity index is 1.51. The SMILES string of the molecule is COc1cc(OC)cc(C(=O)NC2CCCC(c3nc4cc(C)ccc4n3C)C2)c1. The van der Waals surface area contributed by atoms with Gasteiger partial charge >= 0.3 is 0 Å². The monoisotopic (exact) mass is 407 g/mol. The van der Waals surface area contributed by atoms with Gasteiger partial charge < -0.3 is 19.4 Å². The van der Waals surface area contributed by atoms with Crippen LogP contribution in [0.25, 0.3) is 11.0 Å². The maximum absolute atomic E-state index is 12.9. The van der Waals surface area contributed by atoms with E-state index in [1.54, 1.807) is 32.4 Å². The lowest BCUT2D eigenvalue weighted by atomic mass is 9.85. The fourth-order valence-electron chi connectivity index (χ4n) is 4.46. The van der Waals surface area contributed by atoms with Crippen LogP contribution in [0.3, 0.4) is 0 Å². The third kappa shape index (κ3) is 3.99. The summed E-state index contributed by atoms with van der Waals surface area (Å²) in [4.78, 5) is 17.8. The van der Waals surface area contributed by atoms with Gasteiger partial charge in [-0.2, -0.15) is 0 Å². The van der Waals surface area contributed by atoms with Gasteiger partial charge in [-0.1, -0.05) is 12.5 Å². The van der Waals surface area contributed by atoms with Gasteiger partial charge in [-0.25, -0.2) is 4.98 Å². The number of rotatable bonds is 5. The first kappa shape index (κ1) is 20.3. The summed E-state index contributed by atoms with van der Waals surface area (Å²) in [7, 11) is 5.26. The highest BCUT2D eigenvalue weighted by molar-refractivity contribution is 5.95. The Kier molecular flexibility index (Phi) is 5.66. The summed E-state index contributed by atoms with van der Waals surface area (Å²) in [6.07, 6.45) is 4.03. The molecule has 6 heteroatoms. The Morgan fingerprint density at radius 3 is 2.53 bits per heavy atom. The zero-order valence-corrected chi connectivity index (χ0v) is 18.1. The molecule has 3 aromatic rings. The number of methoxy groups -OCH3 is 2. The number of benzene rings is 2. The molecule has 1 aromatic heterocycles. The second-order valence-electron chi connectivity index (χ2n) is 8.16. The van der Waals surface area contributed by atoms with Crippen molar-refractivity contribution in [2.45, 2.75) is 44.6 Å². The minimum absolute atomic E-state index is 0.0986.